The van der Waals surface area contributed by atoms with Crippen molar-refractivity contribution in [1.82, 2.24) is 0 Å². The van der Waals surface area contributed by atoms with Gasteiger partial charge in [0.05, 0.1) is 6.61 Å². The lowest BCUT2D eigenvalue weighted by atomic mass is 9.85. The fourth-order valence-corrected chi connectivity index (χ4v) is 9.86. The monoisotopic (exact) mass is 998 g/mol. The van der Waals surface area contributed by atoms with Crippen LogP contribution in [0.5, 0.6) is 0 Å². The summed E-state index contributed by atoms with van der Waals surface area (Å²) in [6, 6.07) is 0. The van der Waals surface area contributed by atoms with E-state index in [2.05, 4.69) is 22.9 Å². The number of phosphoric ester groups is 3. The number of esters is 2. The Morgan fingerprint density at radius 2 is 0.754 bits per heavy atom. The second-order valence-corrected chi connectivity index (χ2v) is 21.2. The standard InChI is InChI=1S/C43H85O19P3/c1-3-5-7-9-11-13-15-17-18-20-21-23-25-27-29-31-36(44)57-33-35(59-37(45)32-30-28-26-24-22-19-16-14-12-10-8-6-4-2)34-58-65(55,56)62-41-38(46)39(47)42(60-63(49,50)51)43(40(41)48)61-64(52,53)54/h35,38-43,46-48H,3-34H2,1-2H3,(H,55,56)(H2,49,50,51)(H2,52,53,54)/t35-,38?,39?,40?,41+,42?,43+/m1/s1. The highest BCUT2D eigenvalue weighted by Crippen LogP contribution is 2.51. The Bertz CT molecular complexity index is 1380. The second-order valence-electron chi connectivity index (χ2n) is 17.4. The fourth-order valence-electron chi connectivity index (χ4n) is 7.76. The van der Waals surface area contributed by atoms with E-state index in [4.69, 9.17) is 18.5 Å². The molecule has 1 aliphatic rings. The highest BCUT2D eigenvalue weighted by molar-refractivity contribution is 7.47. The Labute approximate surface area is 387 Å². The van der Waals surface area contributed by atoms with Gasteiger partial charge in [0, 0.05) is 12.8 Å². The molecule has 0 aromatic carbocycles. The van der Waals surface area contributed by atoms with Gasteiger partial charge >= 0.3 is 35.4 Å². The summed E-state index contributed by atoms with van der Waals surface area (Å²) in [6.07, 6.45) is 15.5. The predicted octanol–water partition coefficient (Wildman–Crippen LogP) is 8.74. The van der Waals surface area contributed by atoms with Crippen molar-refractivity contribution in [3.63, 3.8) is 0 Å². The highest BCUT2D eigenvalue weighted by Gasteiger charge is 2.56. The molecule has 1 fully saturated rings. The molecule has 0 radical (unpaired) electrons. The smallest absolute Gasteiger partial charge is 0.462 e. The molecule has 0 aliphatic heterocycles. The minimum atomic E-state index is -5.59. The van der Waals surface area contributed by atoms with Crippen LogP contribution in [-0.2, 0) is 50.9 Å². The van der Waals surface area contributed by atoms with E-state index < -0.39 is 91.3 Å². The SMILES string of the molecule is CCCCCCCCCCCCCCCCCC(=O)OC[C@H](COP(=O)(O)O[C@H]1C(O)C(O)C(OP(=O)(O)O)[C@@H](OP(=O)(O)O)C1O)OC(=O)CCCCCCCCCCCCCCC. The number of hydrogen-bond acceptors (Lipinski definition) is 14. The molecule has 0 bridgehead atoms. The minimum Gasteiger partial charge on any atom is -0.462 e. The van der Waals surface area contributed by atoms with E-state index in [0.717, 1.165) is 51.4 Å². The summed E-state index contributed by atoms with van der Waals surface area (Å²) in [6.45, 7) is 2.96. The number of unbranched alkanes of at least 4 members (excludes halogenated alkanes) is 26. The molecule has 22 heteroatoms. The molecule has 0 saturated heterocycles. The third-order valence-electron chi connectivity index (χ3n) is 11.4. The number of ether oxygens (including phenoxy) is 2. The second kappa shape index (κ2) is 36.1. The van der Waals surface area contributed by atoms with Gasteiger partial charge in [0.2, 0.25) is 0 Å². The van der Waals surface area contributed by atoms with Crippen molar-refractivity contribution in [2.24, 2.45) is 0 Å². The Morgan fingerprint density at radius 3 is 1.12 bits per heavy atom. The largest absolute Gasteiger partial charge is 0.472 e. The molecule has 65 heavy (non-hydrogen) atoms. The van der Waals surface area contributed by atoms with Crippen molar-refractivity contribution in [2.75, 3.05) is 13.2 Å². The molecule has 1 rings (SSSR count). The van der Waals surface area contributed by atoms with Crippen LogP contribution in [0.15, 0.2) is 0 Å². The summed E-state index contributed by atoms with van der Waals surface area (Å²) in [4.78, 5) is 73.2. The van der Waals surface area contributed by atoms with Gasteiger partial charge in [-0.2, -0.15) is 0 Å². The topological polar surface area (TPSA) is 303 Å². The van der Waals surface area contributed by atoms with Crippen molar-refractivity contribution < 1.29 is 90.6 Å². The molecule has 8 N–H and O–H groups in total. The quantitative estimate of drug-likeness (QED) is 0.0161. The van der Waals surface area contributed by atoms with Crippen LogP contribution in [0.25, 0.3) is 0 Å². The first-order chi connectivity index (χ1) is 30.8. The van der Waals surface area contributed by atoms with Gasteiger partial charge in [0.1, 0.15) is 43.2 Å². The minimum absolute atomic E-state index is 0.00573. The molecular weight excluding hydrogens is 913 g/mol. The van der Waals surface area contributed by atoms with Crippen molar-refractivity contribution >= 4 is 35.4 Å². The molecule has 1 aliphatic carbocycles. The van der Waals surface area contributed by atoms with Gasteiger partial charge in [-0.3, -0.25) is 27.7 Å². The molecule has 1 saturated carbocycles. The van der Waals surface area contributed by atoms with Crippen LogP contribution >= 0.6 is 23.5 Å². The number of aliphatic hydroxyl groups is 3. The lowest BCUT2D eigenvalue weighted by Gasteiger charge is -2.44. The highest BCUT2D eigenvalue weighted by atomic mass is 31.2. The zero-order valence-corrected chi connectivity index (χ0v) is 41.8. The Hall–Kier alpha value is -0.850. The first-order valence-corrected chi connectivity index (χ1v) is 28.9. The van der Waals surface area contributed by atoms with E-state index in [0.29, 0.717) is 12.8 Å². The van der Waals surface area contributed by atoms with E-state index in [1.807, 2.05) is 0 Å². The summed E-state index contributed by atoms with van der Waals surface area (Å²) in [5.41, 5.74) is 0. The van der Waals surface area contributed by atoms with Crippen molar-refractivity contribution in [3.05, 3.63) is 0 Å². The first-order valence-electron chi connectivity index (χ1n) is 24.3. The van der Waals surface area contributed by atoms with Crippen LogP contribution in [0, 0.1) is 0 Å². The Kier molecular flexibility index (Phi) is 34.6. The maximum Gasteiger partial charge on any atom is 0.472 e. The Balaban J connectivity index is 2.71. The normalized spacial score (nSPS) is 21.8. The molecule has 8 atom stereocenters. The van der Waals surface area contributed by atoms with Crippen molar-refractivity contribution in [3.8, 4) is 0 Å². The third-order valence-corrected chi connectivity index (χ3v) is 13.4. The number of hydrogen-bond donors (Lipinski definition) is 8. The van der Waals surface area contributed by atoms with Crippen molar-refractivity contribution in [1.29, 1.82) is 0 Å². The molecule has 19 nitrogen and oxygen atoms in total. The van der Waals surface area contributed by atoms with Gasteiger partial charge in [-0.05, 0) is 12.8 Å². The van der Waals surface area contributed by atoms with E-state index >= 15 is 0 Å². The maximum absolute atomic E-state index is 13.1. The number of aliphatic hydroxyl groups excluding tert-OH is 3. The van der Waals surface area contributed by atoms with Crippen LogP contribution in [0.2, 0.25) is 0 Å². The molecule has 0 amide bonds. The summed E-state index contributed by atoms with van der Waals surface area (Å²) in [5.74, 6) is -1.28. The van der Waals surface area contributed by atoms with E-state index in [-0.39, 0.29) is 12.8 Å². The lowest BCUT2D eigenvalue weighted by molar-refractivity contribution is -0.213. The summed E-state index contributed by atoms with van der Waals surface area (Å²) < 4.78 is 65.5. The number of rotatable bonds is 42. The third kappa shape index (κ3) is 32.6. The van der Waals surface area contributed by atoms with Gasteiger partial charge in [-0.25, -0.2) is 13.7 Å². The van der Waals surface area contributed by atoms with Gasteiger partial charge < -0.3 is 49.3 Å². The van der Waals surface area contributed by atoms with Crippen LogP contribution < -0.4 is 0 Å². The summed E-state index contributed by atoms with van der Waals surface area (Å²) in [7, 11) is -16.6. The van der Waals surface area contributed by atoms with Crippen LogP contribution in [-0.4, -0.2) is 108 Å². The summed E-state index contributed by atoms with van der Waals surface area (Å²) >= 11 is 0. The molecule has 386 valence electrons. The number of carbonyl (C=O) groups excluding carboxylic acids is 2. The van der Waals surface area contributed by atoms with Gasteiger partial charge in [-0.1, -0.05) is 181 Å². The summed E-state index contributed by atoms with van der Waals surface area (Å²) in [5, 5.41) is 31.9. The van der Waals surface area contributed by atoms with Crippen molar-refractivity contribution in [2.45, 2.75) is 249 Å². The molecular formula is C43H85O19P3. The van der Waals surface area contributed by atoms with Gasteiger partial charge in [0.25, 0.3) is 0 Å². The van der Waals surface area contributed by atoms with E-state index in [1.54, 1.807) is 0 Å². The first kappa shape index (κ1) is 62.2. The van der Waals surface area contributed by atoms with Gasteiger partial charge in [-0.15, -0.1) is 0 Å². The van der Waals surface area contributed by atoms with Crippen LogP contribution in [0.3, 0.4) is 0 Å². The zero-order chi connectivity index (χ0) is 48.6. The molecule has 5 unspecified atom stereocenters. The van der Waals surface area contributed by atoms with E-state index in [1.165, 1.54) is 116 Å². The van der Waals surface area contributed by atoms with Crippen LogP contribution in [0.1, 0.15) is 206 Å². The molecule has 0 aromatic rings. The van der Waals surface area contributed by atoms with E-state index in [9.17, 15) is 63.1 Å². The molecule has 0 heterocycles. The van der Waals surface area contributed by atoms with Crippen LogP contribution in [0.4, 0.5) is 0 Å². The average Bonchev–Trinajstić information content (AvgIpc) is 3.23. The molecule has 0 aromatic heterocycles. The number of carbonyl (C=O) groups is 2. The van der Waals surface area contributed by atoms with Gasteiger partial charge in [0.15, 0.2) is 6.10 Å². The number of phosphoric acid groups is 3. The average molecular weight is 999 g/mol. The predicted molar refractivity (Wildman–Crippen MR) is 243 cm³/mol. The molecule has 0 spiro atoms. The fraction of sp³-hybridized carbons (Fsp3) is 0.953. The Morgan fingerprint density at radius 1 is 0.431 bits per heavy atom. The zero-order valence-electron chi connectivity index (χ0n) is 39.1. The lowest BCUT2D eigenvalue weighted by Crippen LogP contribution is -2.65. The maximum atomic E-state index is 13.1.